The van der Waals surface area contributed by atoms with E-state index in [4.69, 9.17) is 4.74 Å². The van der Waals surface area contributed by atoms with Crippen molar-refractivity contribution in [2.24, 2.45) is 0 Å². The summed E-state index contributed by atoms with van der Waals surface area (Å²) < 4.78 is 43.5. The number of carbonyl (C=O) groups is 3. The number of ether oxygens (including phenoxy) is 1. The maximum Gasteiger partial charge on any atom is 0.416 e. The number of halogens is 3. The highest BCUT2D eigenvalue weighted by molar-refractivity contribution is 5.90. The molecule has 1 aliphatic heterocycles. The quantitative estimate of drug-likeness (QED) is 0.639. The smallest absolute Gasteiger partial charge is 0.416 e. The minimum atomic E-state index is -4.52. The van der Waals surface area contributed by atoms with Gasteiger partial charge in [0, 0.05) is 19.4 Å². The Kier molecular flexibility index (Phi) is 7.20. The second-order valence-electron chi connectivity index (χ2n) is 8.33. The molecule has 0 aromatic heterocycles. The third-order valence-corrected chi connectivity index (χ3v) is 4.56. The maximum absolute atomic E-state index is 13.0. The van der Waals surface area contributed by atoms with E-state index in [0.29, 0.717) is 5.56 Å². The topological polar surface area (TPSA) is 116 Å². The van der Waals surface area contributed by atoms with Crippen LogP contribution in [0.5, 0.6) is 0 Å². The van der Waals surface area contributed by atoms with Crippen LogP contribution in [-0.4, -0.2) is 63.4 Å². The molecule has 3 atom stereocenters. The molecule has 0 spiro atoms. The lowest BCUT2D eigenvalue weighted by atomic mass is 10.0. The van der Waals surface area contributed by atoms with Crippen LogP contribution < -0.4 is 5.32 Å². The standard InChI is InChI=1S/C20H25F3N2O6/c1-19(2,3)31-18(30)24-14(8-11-4-6-12(7-5-11)20(21,22)23)16(27)25-10-13(26)9-15(25)17(28)29/h4-7,13-15,26H,8-10H2,1-3H3,(H,24,30)(H,28,29)/t13-,14?,15+/m1/s1. The van der Waals surface area contributed by atoms with E-state index < -0.39 is 53.5 Å². The first-order valence-corrected chi connectivity index (χ1v) is 9.54. The van der Waals surface area contributed by atoms with Gasteiger partial charge in [-0.15, -0.1) is 0 Å². The van der Waals surface area contributed by atoms with E-state index in [1.807, 2.05) is 0 Å². The number of carboxylic acid groups (broad SMARTS) is 1. The van der Waals surface area contributed by atoms with Crippen LogP contribution in [0.4, 0.5) is 18.0 Å². The van der Waals surface area contributed by atoms with Gasteiger partial charge in [-0.25, -0.2) is 9.59 Å². The molecule has 172 valence electrons. The summed E-state index contributed by atoms with van der Waals surface area (Å²) in [6, 6.07) is 1.46. The van der Waals surface area contributed by atoms with Crippen molar-refractivity contribution in [3.05, 3.63) is 35.4 Å². The van der Waals surface area contributed by atoms with E-state index in [-0.39, 0.29) is 19.4 Å². The Hall–Kier alpha value is -2.82. The zero-order valence-corrected chi connectivity index (χ0v) is 17.3. The fourth-order valence-electron chi connectivity index (χ4n) is 3.21. The van der Waals surface area contributed by atoms with Crippen LogP contribution in [0.15, 0.2) is 24.3 Å². The number of nitrogens with one attached hydrogen (secondary N) is 1. The van der Waals surface area contributed by atoms with Crippen LogP contribution in [0.1, 0.15) is 38.3 Å². The van der Waals surface area contributed by atoms with Crippen LogP contribution in [-0.2, 0) is 26.9 Å². The van der Waals surface area contributed by atoms with Gasteiger partial charge in [0.2, 0.25) is 5.91 Å². The Morgan fingerprint density at radius 2 is 1.77 bits per heavy atom. The van der Waals surface area contributed by atoms with E-state index in [2.05, 4.69) is 5.32 Å². The van der Waals surface area contributed by atoms with Crippen LogP contribution in [0.2, 0.25) is 0 Å². The number of nitrogens with zero attached hydrogens (tertiary/aromatic N) is 1. The second kappa shape index (κ2) is 9.13. The van der Waals surface area contributed by atoms with Crippen molar-refractivity contribution in [3.8, 4) is 0 Å². The van der Waals surface area contributed by atoms with E-state index in [1.165, 1.54) is 12.1 Å². The van der Waals surface area contributed by atoms with Crippen LogP contribution >= 0.6 is 0 Å². The molecule has 1 fully saturated rings. The molecule has 1 aliphatic rings. The fourth-order valence-corrected chi connectivity index (χ4v) is 3.21. The molecule has 0 saturated carbocycles. The number of aliphatic hydroxyl groups excluding tert-OH is 1. The molecule has 0 radical (unpaired) electrons. The first-order chi connectivity index (χ1) is 14.2. The average Bonchev–Trinajstić information content (AvgIpc) is 3.00. The molecular weight excluding hydrogens is 421 g/mol. The highest BCUT2D eigenvalue weighted by atomic mass is 19.4. The molecular formula is C20H25F3N2O6. The first-order valence-electron chi connectivity index (χ1n) is 9.54. The zero-order valence-electron chi connectivity index (χ0n) is 17.3. The maximum atomic E-state index is 13.0. The highest BCUT2D eigenvalue weighted by Crippen LogP contribution is 2.29. The van der Waals surface area contributed by atoms with Crippen molar-refractivity contribution < 1.29 is 42.5 Å². The van der Waals surface area contributed by atoms with E-state index in [1.54, 1.807) is 20.8 Å². The van der Waals surface area contributed by atoms with E-state index in [0.717, 1.165) is 17.0 Å². The summed E-state index contributed by atoms with van der Waals surface area (Å²) in [5.74, 6) is -2.09. The van der Waals surface area contributed by atoms with Gasteiger partial charge in [-0.05, 0) is 38.5 Å². The van der Waals surface area contributed by atoms with Crippen LogP contribution in [0, 0.1) is 0 Å². The molecule has 0 bridgehead atoms. The number of rotatable bonds is 5. The van der Waals surface area contributed by atoms with Gasteiger partial charge in [0.05, 0.1) is 11.7 Å². The molecule has 31 heavy (non-hydrogen) atoms. The Morgan fingerprint density at radius 3 is 2.26 bits per heavy atom. The molecule has 1 aromatic rings. The van der Waals surface area contributed by atoms with Crippen molar-refractivity contribution in [1.82, 2.24) is 10.2 Å². The lowest BCUT2D eigenvalue weighted by molar-refractivity contribution is -0.149. The van der Waals surface area contributed by atoms with Gasteiger partial charge in [0.1, 0.15) is 17.7 Å². The molecule has 3 N–H and O–H groups in total. The summed E-state index contributed by atoms with van der Waals surface area (Å²) in [5, 5.41) is 21.5. The Bertz CT molecular complexity index is 820. The summed E-state index contributed by atoms with van der Waals surface area (Å²) >= 11 is 0. The summed E-state index contributed by atoms with van der Waals surface area (Å²) in [7, 11) is 0. The average molecular weight is 446 g/mol. The minimum absolute atomic E-state index is 0.166. The molecule has 1 heterocycles. The third-order valence-electron chi connectivity index (χ3n) is 4.56. The van der Waals surface area contributed by atoms with Gasteiger partial charge in [-0.2, -0.15) is 13.2 Å². The van der Waals surface area contributed by atoms with Gasteiger partial charge in [-0.3, -0.25) is 4.79 Å². The number of hydrogen-bond acceptors (Lipinski definition) is 5. The van der Waals surface area contributed by atoms with Crippen molar-refractivity contribution in [2.75, 3.05) is 6.54 Å². The molecule has 2 rings (SSSR count). The van der Waals surface area contributed by atoms with Crippen molar-refractivity contribution in [1.29, 1.82) is 0 Å². The predicted octanol–water partition coefficient (Wildman–Crippen LogP) is 2.19. The van der Waals surface area contributed by atoms with Crippen molar-refractivity contribution in [3.63, 3.8) is 0 Å². The number of amides is 2. The van der Waals surface area contributed by atoms with Crippen LogP contribution in [0.3, 0.4) is 0 Å². The van der Waals surface area contributed by atoms with Crippen LogP contribution in [0.25, 0.3) is 0 Å². The number of β-amino-alcohol motifs (C(OH)–C–C–N with tert-alkyl or cyclic N) is 1. The first kappa shape index (κ1) is 24.4. The fraction of sp³-hybridized carbons (Fsp3) is 0.550. The number of alkyl halides is 3. The number of benzene rings is 1. The molecule has 1 aromatic carbocycles. The summed E-state index contributed by atoms with van der Waals surface area (Å²) in [5.41, 5.74) is -1.43. The number of carboxylic acids is 1. The molecule has 8 nitrogen and oxygen atoms in total. The minimum Gasteiger partial charge on any atom is -0.480 e. The summed E-state index contributed by atoms with van der Waals surface area (Å²) in [6.07, 6.45) is -6.87. The molecule has 1 unspecified atom stereocenters. The number of aliphatic carboxylic acids is 1. The highest BCUT2D eigenvalue weighted by Gasteiger charge is 2.42. The number of hydrogen-bond donors (Lipinski definition) is 3. The van der Waals surface area contributed by atoms with Gasteiger partial charge in [0.15, 0.2) is 0 Å². The second-order valence-corrected chi connectivity index (χ2v) is 8.33. The van der Waals surface area contributed by atoms with Gasteiger partial charge >= 0.3 is 18.2 Å². The molecule has 2 amide bonds. The van der Waals surface area contributed by atoms with Gasteiger partial charge in [-0.1, -0.05) is 12.1 Å². The lowest BCUT2D eigenvalue weighted by Gasteiger charge is -2.28. The third kappa shape index (κ3) is 6.84. The monoisotopic (exact) mass is 446 g/mol. The van der Waals surface area contributed by atoms with E-state index in [9.17, 15) is 37.8 Å². The van der Waals surface area contributed by atoms with Gasteiger partial charge in [0.25, 0.3) is 0 Å². The Labute approximate surface area is 177 Å². The SMILES string of the molecule is CC(C)(C)OC(=O)NC(Cc1ccc(C(F)(F)F)cc1)C(=O)N1C[C@H](O)C[C@H]1C(=O)O. The van der Waals surface area contributed by atoms with Crippen molar-refractivity contribution in [2.45, 2.75) is 63.6 Å². The Balaban J connectivity index is 2.26. The van der Waals surface area contributed by atoms with Gasteiger partial charge < -0.3 is 25.2 Å². The number of likely N-dealkylation sites (tertiary alicyclic amines) is 1. The number of carbonyl (C=O) groups excluding carboxylic acids is 2. The zero-order chi connectivity index (χ0) is 23.6. The lowest BCUT2D eigenvalue weighted by Crippen LogP contribution is -2.53. The van der Waals surface area contributed by atoms with E-state index >= 15 is 0 Å². The molecule has 1 saturated heterocycles. The predicted molar refractivity (Wildman–Crippen MR) is 102 cm³/mol. The largest absolute Gasteiger partial charge is 0.480 e. The number of aliphatic hydroxyl groups is 1. The van der Waals surface area contributed by atoms with Crippen molar-refractivity contribution >= 4 is 18.0 Å². The molecule has 0 aliphatic carbocycles. The summed E-state index contributed by atoms with van der Waals surface area (Å²) in [6.45, 7) is 4.58. The Morgan fingerprint density at radius 1 is 1.19 bits per heavy atom. The summed E-state index contributed by atoms with van der Waals surface area (Å²) in [4.78, 5) is 37.7. The molecule has 11 heteroatoms. The normalized spacial score (nSPS) is 20.3. The number of alkyl carbamates (subject to hydrolysis) is 1.